The van der Waals surface area contributed by atoms with Gasteiger partial charge in [0.15, 0.2) is 11.6 Å². The first-order valence-corrected chi connectivity index (χ1v) is 8.05. The minimum Gasteiger partial charge on any atom is -0.308 e. The summed E-state index contributed by atoms with van der Waals surface area (Å²) < 4.78 is 26.7. The van der Waals surface area contributed by atoms with E-state index in [-0.39, 0.29) is 5.91 Å². The van der Waals surface area contributed by atoms with Crippen molar-refractivity contribution in [2.45, 2.75) is 20.8 Å². The van der Waals surface area contributed by atoms with Crippen molar-refractivity contribution in [1.29, 1.82) is 0 Å². The summed E-state index contributed by atoms with van der Waals surface area (Å²) in [4.78, 5) is 18.9. The van der Waals surface area contributed by atoms with Crippen molar-refractivity contribution in [2.75, 3.05) is 11.4 Å². The summed E-state index contributed by atoms with van der Waals surface area (Å²) in [6.45, 7) is 5.86. The molecule has 5 heteroatoms. The van der Waals surface area contributed by atoms with Crippen LogP contribution in [0.15, 0.2) is 42.5 Å². The summed E-state index contributed by atoms with van der Waals surface area (Å²) in [6, 6.07) is 11.1. The first kappa shape index (κ1) is 17.0. The standard InChI is InChI=1S/C20H18F2N2O/c1-4-24(15-6-7-17(21)18(22)11-15)20(25)16-10-14-9-12(2)5-8-19(14)23-13(16)3/h5-11H,4H2,1-3H3. The minimum atomic E-state index is -0.979. The molecule has 3 nitrogen and oxygen atoms in total. The molecule has 0 saturated heterocycles. The number of carbonyl (C=O) groups is 1. The highest BCUT2D eigenvalue weighted by atomic mass is 19.2. The highest BCUT2D eigenvalue weighted by Gasteiger charge is 2.20. The zero-order chi connectivity index (χ0) is 18.1. The van der Waals surface area contributed by atoms with E-state index in [9.17, 15) is 13.6 Å². The van der Waals surface area contributed by atoms with Crippen LogP contribution in [-0.4, -0.2) is 17.4 Å². The van der Waals surface area contributed by atoms with Crippen LogP contribution in [0.25, 0.3) is 10.9 Å². The van der Waals surface area contributed by atoms with Gasteiger partial charge in [-0.05, 0) is 51.1 Å². The molecule has 1 amide bonds. The first-order chi connectivity index (χ1) is 11.9. The Balaban J connectivity index is 2.07. The second-order valence-electron chi connectivity index (χ2n) is 5.97. The van der Waals surface area contributed by atoms with Crippen molar-refractivity contribution in [1.82, 2.24) is 4.98 Å². The summed E-state index contributed by atoms with van der Waals surface area (Å²) in [5.74, 6) is -2.21. The van der Waals surface area contributed by atoms with E-state index >= 15 is 0 Å². The zero-order valence-corrected chi connectivity index (χ0v) is 14.3. The Morgan fingerprint density at radius 1 is 1.04 bits per heavy atom. The van der Waals surface area contributed by atoms with E-state index in [4.69, 9.17) is 0 Å². The molecular formula is C20H18F2N2O. The Hall–Kier alpha value is -2.82. The summed E-state index contributed by atoms with van der Waals surface area (Å²) >= 11 is 0. The van der Waals surface area contributed by atoms with Gasteiger partial charge in [0.25, 0.3) is 5.91 Å². The third kappa shape index (κ3) is 3.22. The summed E-state index contributed by atoms with van der Waals surface area (Å²) in [5.41, 5.74) is 3.25. The Labute approximate surface area is 144 Å². The highest BCUT2D eigenvalue weighted by Crippen LogP contribution is 2.23. The van der Waals surface area contributed by atoms with Crippen LogP contribution in [0, 0.1) is 25.5 Å². The third-order valence-electron chi connectivity index (χ3n) is 4.17. The molecule has 3 aromatic rings. The molecule has 1 aromatic heterocycles. The van der Waals surface area contributed by atoms with Crippen LogP contribution in [0.3, 0.4) is 0 Å². The van der Waals surface area contributed by atoms with E-state index in [0.717, 1.165) is 28.6 Å². The fourth-order valence-electron chi connectivity index (χ4n) is 2.85. The van der Waals surface area contributed by atoms with E-state index in [0.29, 0.717) is 23.5 Å². The monoisotopic (exact) mass is 340 g/mol. The molecular weight excluding hydrogens is 322 g/mol. The smallest absolute Gasteiger partial charge is 0.260 e. The Bertz CT molecular complexity index is 969. The zero-order valence-electron chi connectivity index (χ0n) is 14.3. The van der Waals surface area contributed by atoms with Crippen molar-refractivity contribution in [3.8, 4) is 0 Å². The average molecular weight is 340 g/mol. The van der Waals surface area contributed by atoms with E-state index < -0.39 is 11.6 Å². The predicted octanol–water partition coefficient (Wildman–Crippen LogP) is 4.80. The van der Waals surface area contributed by atoms with Gasteiger partial charge in [-0.1, -0.05) is 11.6 Å². The van der Waals surface area contributed by atoms with E-state index in [1.807, 2.05) is 25.1 Å². The lowest BCUT2D eigenvalue weighted by molar-refractivity contribution is 0.0987. The van der Waals surface area contributed by atoms with E-state index in [1.165, 1.54) is 11.0 Å². The molecule has 0 N–H and O–H groups in total. The first-order valence-electron chi connectivity index (χ1n) is 8.05. The van der Waals surface area contributed by atoms with Crippen LogP contribution in [-0.2, 0) is 0 Å². The van der Waals surface area contributed by atoms with Gasteiger partial charge in [-0.25, -0.2) is 8.78 Å². The molecule has 0 radical (unpaired) electrons. The van der Waals surface area contributed by atoms with Gasteiger partial charge < -0.3 is 4.90 Å². The number of halogens is 2. The number of carbonyl (C=O) groups excluding carboxylic acids is 1. The lowest BCUT2D eigenvalue weighted by Gasteiger charge is -2.22. The lowest BCUT2D eigenvalue weighted by Crippen LogP contribution is -2.31. The highest BCUT2D eigenvalue weighted by molar-refractivity contribution is 6.08. The van der Waals surface area contributed by atoms with E-state index in [1.54, 1.807) is 19.9 Å². The number of nitrogens with zero attached hydrogens (tertiary/aromatic N) is 2. The normalized spacial score (nSPS) is 10.9. The van der Waals surface area contributed by atoms with Crippen LogP contribution in [0.4, 0.5) is 14.5 Å². The van der Waals surface area contributed by atoms with Gasteiger partial charge in [0, 0.05) is 23.7 Å². The number of anilines is 1. The van der Waals surface area contributed by atoms with Crippen molar-refractivity contribution in [3.63, 3.8) is 0 Å². The van der Waals surface area contributed by atoms with Gasteiger partial charge in [0.05, 0.1) is 16.8 Å². The number of hydrogen-bond acceptors (Lipinski definition) is 2. The van der Waals surface area contributed by atoms with E-state index in [2.05, 4.69) is 4.98 Å². The van der Waals surface area contributed by atoms with Gasteiger partial charge in [-0.2, -0.15) is 0 Å². The molecule has 128 valence electrons. The third-order valence-corrected chi connectivity index (χ3v) is 4.17. The van der Waals surface area contributed by atoms with Gasteiger partial charge in [-0.3, -0.25) is 9.78 Å². The molecule has 1 heterocycles. The fraction of sp³-hybridized carbons (Fsp3) is 0.200. The topological polar surface area (TPSA) is 33.2 Å². The van der Waals surface area contributed by atoms with Gasteiger partial charge >= 0.3 is 0 Å². The molecule has 0 aliphatic heterocycles. The second kappa shape index (κ2) is 6.59. The number of aromatic nitrogens is 1. The number of hydrogen-bond donors (Lipinski definition) is 0. The Morgan fingerprint density at radius 3 is 2.48 bits per heavy atom. The van der Waals surface area contributed by atoms with Crippen molar-refractivity contribution in [3.05, 3.63) is 70.9 Å². The molecule has 2 aromatic carbocycles. The number of amides is 1. The van der Waals surface area contributed by atoms with Gasteiger partial charge in [-0.15, -0.1) is 0 Å². The van der Waals surface area contributed by atoms with Crippen molar-refractivity contribution >= 4 is 22.5 Å². The van der Waals surface area contributed by atoms with Crippen molar-refractivity contribution < 1.29 is 13.6 Å². The number of benzene rings is 2. The van der Waals surface area contributed by atoms with Crippen LogP contribution in [0.2, 0.25) is 0 Å². The predicted molar refractivity (Wildman–Crippen MR) is 94.9 cm³/mol. The van der Waals surface area contributed by atoms with Crippen LogP contribution >= 0.6 is 0 Å². The van der Waals surface area contributed by atoms with Crippen LogP contribution in [0.5, 0.6) is 0 Å². The Kier molecular flexibility index (Phi) is 4.49. The summed E-state index contributed by atoms with van der Waals surface area (Å²) in [5, 5.41) is 0.871. The molecule has 0 atom stereocenters. The minimum absolute atomic E-state index is 0.290. The molecule has 0 aliphatic rings. The maximum atomic E-state index is 13.5. The molecule has 0 fully saturated rings. The summed E-state index contributed by atoms with van der Waals surface area (Å²) in [7, 11) is 0. The molecule has 25 heavy (non-hydrogen) atoms. The molecule has 0 saturated carbocycles. The molecule has 0 aliphatic carbocycles. The maximum absolute atomic E-state index is 13.5. The quantitative estimate of drug-likeness (QED) is 0.686. The second-order valence-corrected chi connectivity index (χ2v) is 5.97. The van der Waals surface area contributed by atoms with Gasteiger partial charge in [0.2, 0.25) is 0 Å². The molecule has 0 spiro atoms. The summed E-state index contributed by atoms with van der Waals surface area (Å²) in [6.07, 6.45) is 0. The largest absolute Gasteiger partial charge is 0.308 e. The molecule has 3 rings (SSSR count). The Morgan fingerprint density at radius 2 is 1.80 bits per heavy atom. The fourth-order valence-corrected chi connectivity index (χ4v) is 2.85. The lowest BCUT2D eigenvalue weighted by atomic mass is 10.1. The van der Waals surface area contributed by atoms with Crippen LogP contribution < -0.4 is 4.90 Å². The SMILES string of the molecule is CCN(C(=O)c1cc2cc(C)ccc2nc1C)c1ccc(F)c(F)c1. The number of pyridine rings is 1. The van der Waals surface area contributed by atoms with Gasteiger partial charge in [0.1, 0.15) is 0 Å². The molecule has 0 unspecified atom stereocenters. The average Bonchev–Trinajstić information content (AvgIpc) is 2.58. The molecule has 0 bridgehead atoms. The number of aryl methyl sites for hydroxylation is 2. The maximum Gasteiger partial charge on any atom is 0.260 e. The van der Waals surface area contributed by atoms with Crippen molar-refractivity contribution in [2.24, 2.45) is 0 Å². The number of rotatable bonds is 3. The number of fused-ring (bicyclic) bond motifs is 1. The van der Waals surface area contributed by atoms with Crippen LogP contribution in [0.1, 0.15) is 28.5 Å².